The first-order chi connectivity index (χ1) is 15.5. The fraction of sp³-hybridized carbons (Fsp3) is 0.478. The first kappa shape index (κ1) is 21.9. The summed E-state index contributed by atoms with van der Waals surface area (Å²) in [4.78, 5) is 53.5. The molecule has 2 aromatic rings. The molecule has 1 saturated heterocycles. The molecule has 4 rings (SSSR count). The SMILES string of the molecule is O=C1N[C@H]2CCCN(C(=O)Cn3ccc(=O)[nH]c3=O)[C@H]2CCCCCOc2ccccc21. The predicted octanol–water partition coefficient (Wildman–Crippen LogP) is 1.28. The number of amides is 2. The number of fused-ring (bicyclic) bond motifs is 2. The summed E-state index contributed by atoms with van der Waals surface area (Å²) in [6, 6.07) is 8.11. The van der Waals surface area contributed by atoms with Crippen molar-refractivity contribution in [2.24, 2.45) is 0 Å². The summed E-state index contributed by atoms with van der Waals surface area (Å²) in [5, 5.41) is 3.13. The summed E-state index contributed by atoms with van der Waals surface area (Å²) in [7, 11) is 0. The molecule has 170 valence electrons. The van der Waals surface area contributed by atoms with Crippen LogP contribution in [-0.4, -0.2) is 51.5 Å². The van der Waals surface area contributed by atoms with Crippen molar-refractivity contribution in [2.45, 2.75) is 57.2 Å². The zero-order valence-electron chi connectivity index (χ0n) is 17.9. The molecule has 0 spiro atoms. The standard InChI is InChI=1S/C23H28N4O5/c28-20-11-13-26(23(31)25-20)15-21(29)27-12-6-8-17-18(27)9-2-1-5-14-32-19-10-4-3-7-16(19)22(30)24-17/h3-4,7,10-11,13,17-18H,1-2,5-6,8-9,12,14-15H2,(H,24,30)(H,25,28,31)/t17-,18-/m0/s1. The fourth-order valence-electron chi connectivity index (χ4n) is 4.54. The van der Waals surface area contributed by atoms with Gasteiger partial charge in [-0.3, -0.25) is 23.9 Å². The number of aromatic nitrogens is 2. The van der Waals surface area contributed by atoms with Crippen LogP contribution >= 0.6 is 0 Å². The number of ether oxygens (including phenoxy) is 1. The summed E-state index contributed by atoms with van der Waals surface area (Å²) >= 11 is 0. The number of nitrogens with zero attached hydrogens (tertiary/aromatic N) is 2. The minimum Gasteiger partial charge on any atom is -0.493 e. The van der Waals surface area contributed by atoms with Crippen molar-refractivity contribution in [2.75, 3.05) is 13.2 Å². The highest BCUT2D eigenvalue weighted by molar-refractivity contribution is 5.97. The fourth-order valence-corrected chi connectivity index (χ4v) is 4.54. The van der Waals surface area contributed by atoms with Crippen LogP contribution in [0.4, 0.5) is 0 Å². The third-order valence-corrected chi connectivity index (χ3v) is 6.15. The van der Waals surface area contributed by atoms with E-state index in [4.69, 9.17) is 4.74 Å². The number of likely N-dealkylation sites (tertiary alicyclic amines) is 1. The number of para-hydroxylation sites is 1. The van der Waals surface area contributed by atoms with Crippen LogP contribution < -0.4 is 21.3 Å². The average Bonchev–Trinajstić information content (AvgIpc) is 2.78. The maximum atomic E-state index is 13.2. The molecule has 1 aromatic carbocycles. The van der Waals surface area contributed by atoms with Crippen LogP contribution in [0.15, 0.2) is 46.1 Å². The summed E-state index contributed by atoms with van der Waals surface area (Å²) in [5.41, 5.74) is -0.610. The van der Waals surface area contributed by atoms with E-state index in [-0.39, 0.29) is 30.4 Å². The number of H-pyrrole nitrogens is 1. The first-order valence-electron chi connectivity index (χ1n) is 11.1. The van der Waals surface area contributed by atoms with E-state index in [0.717, 1.165) is 38.5 Å². The van der Waals surface area contributed by atoms with Crippen molar-refractivity contribution < 1.29 is 14.3 Å². The Bertz CT molecular complexity index is 1090. The van der Waals surface area contributed by atoms with Crippen LogP contribution in [0.3, 0.4) is 0 Å². The number of carbonyl (C=O) groups is 2. The normalized spacial score (nSPS) is 21.8. The largest absolute Gasteiger partial charge is 0.493 e. The van der Waals surface area contributed by atoms with E-state index in [0.29, 0.717) is 24.5 Å². The van der Waals surface area contributed by atoms with E-state index in [1.807, 2.05) is 12.1 Å². The van der Waals surface area contributed by atoms with Crippen LogP contribution in [0.5, 0.6) is 5.75 Å². The number of aromatic amines is 1. The van der Waals surface area contributed by atoms with Crippen LogP contribution in [0.25, 0.3) is 0 Å². The van der Waals surface area contributed by atoms with Crippen LogP contribution in [-0.2, 0) is 11.3 Å². The molecule has 2 N–H and O–H groups in total. The monoisotopic (exact) mass is 440 g/mol. The molecule has 0 saturated carbocycles. The molecular formula is C23H28N4O5. The van der Waals surface area contributed by atoms with Crippen molar-refractivity contribution in [3.05, 3.63) is 62.9 Å². The number of piperidine rings is 1. The molecule has 32 heavy (non-hydrogen) atoms. The lowest BCUT2D eigenvalue weighted by molar-refractivity contribution is -0.136. The van der Waals surface area contributed by atoms with Crippen molar-refractivity contribution >= 4 is 11.8 Å². The molecular weight excluding hydrogens is 412 g/mol. The number of hydrogen-bond donors (Lipinski definition) is 2. The van der Waals surface area contributed by atoms with E-state index >= 15 is 0 Å². The minimum absolute atomic E-state index is 0.147. The second-order valence-electron chi connectivity index (χ2n) is 8.31. The Hall–Kier alpha value is -3.36. The summed E-state index contributed by atoms with van der Waals surface area (Å²) in [5.74, 6) is 0.171. The second-order valence-corrected chi connectivity index (χ2v) is 8.31. The molecule has 0 bridgehead atoms. The van der Waals surface area contributed by atoms with Gasteiger partial charge in [0.05, 0.1) is 18.2 Å². The number of carbonyl (C=O) groups excluding carboxylic acids is 2. The topological polar surface area (TPSA) is 113 Å². The molecule has 3 heterocycles. The molecule has 1 fully saturated rings. The number of hydrogen-bond acceptors (Lipinski definition) is 5. The van der Waals surface area contributed by atoms with Gasteiger partial charge in [0.2, 0.25) is 5.91 Å². The minimum atomic E-state index is -0.608. The molecule has 0 aliphatic carbocycles. The Morgan fingerprint density at radius 2 is 1.88 bits per heavy atom. The van der Waals surface area contributed by atoms with E-state index in [2.05, 4.69) is 10.3 Å². The Morgan fingerprint density at radius 3 is 2.72 bits per heavy atom. The maximum Gasteiger partial charge on any atom is 0.328 e. The molecule has 1 aromatic heterocycles. The van der Waals surface area contributed by atoms with Crippen molar-refractivity contribution in [1.82, 2.24) is 19.8 Å². The van der Waals surface area contributed by atoms with Gasteiger partial charge in [-0.25, -0.2) is 4.79 Å². The van der Waals surface area contributed by atoms with E-state index in [9.17, 15) is 19.2 Å². The number of nitrogens with one attached hydrogen (secondary N) is 2. The van der Waals surface area contributed by atoms with Crippen molar-refractivity contribution in [1.29, 1.82) is 0 Å². The van der Waals surface area contributed by atoms with Crippen LogP contribution in [0.2, 0.25) is 0 Å². The zero-order chi connectivity index (χ0) is 22.5. The molecule has 2 aliphatic heterocycles. The van der Waals surface area contributed by atoms with Gasteiger partial charge in [0.25, 0.3) is 11.5 Å². The number of rotatable bonds is 2. The van der Waals surface area contributed by atoms with Gasteiger partial charge in [-0.2, -0.15) is 0 Å². The van der Waals surface area contributed by atoms with Crippen molar-refractivity contribution in [3.8, 4) is 5.75 Å². The Kier molecular flexibility index (Phi) is 6.72. The van der Waals surface area contributed by atoms with Gasteiger partial charge in [0.15, 0.2) is 0 Å². The molecule has 2 amide bonds. The van der Waals surface area contributed by atoms with Crippen LogP contribution in [0, 0.1) is 0 Å². The van der Waals surface area contributed by atoms with E-state index in [1.54, 1.807) is 17.0 Å². The lowest BCUT2D eigenvalue weighted by Gasteiger charge is -2.42. The Balaban J connectivity index is 1.56. The van der Waals surface area contributed by atoms with E-state index < -0.39 is 11.2 Å². The zero-order valence-corrected chi connectivity index (χ0v) is 17.9. The molecule has 9 nitrogen and oxygen atoms in total. The maximum absolute atomic E-state index is 13.2. The smallest absolute Gasteiger partial charge is 0.328 e. The van der Waals surface area contributed by atoms with Crippen molar-refractivity contribution in [3.63, 3.8) is 0 Å². The van der Waals surface area contributed by atoms with Gasteiger partial charge in [-0.05, 0) is 44.2 Å². The first-order valence-corrected chi connectivity index (χ1v) is 11.1. The third kappa shape index (κ3) is 4.92. The van der Waals surface area contributed by atoms with Gasteiger partial charge < -0.3 is 15.0 Å². The van der Waals surface area contributed by atoms with Crippen LogP contribution in [0.1, 0.15) is 48.9 Å². The van der Waals surface area contributed by atoms with Gasteiger partial charge in [-0.1, -0.05) is 18.6 Å². The summed E-state index contributed by atoms with van der Waals surface area (Å²) < 4.78 is 7.03. The highest BCUT2D eigenvalue weighted by Gasteiger charge is 2.35. The predicted molar refractivity (Wildman–Crippen MR) is 118 cm³/mol. The quantitative estimate of drug-likeness (QED) is 0.730. The van der Waals surface area contributed by atoms with Gasteiger partial charge in [0.1, 0.15) is 12.3 Å². The van der Waals surface area contributed by atoms with E-state index in [1.165, 1.54) is 16.8 Å². The lowest BCUT2D eigenvalue weighted by atomic mass is 9.91. The third-order valence-electron chi connectivity index (χ3n) is 6.15. The Labute approximate surface area is 185 Å². The molecule has 0 unspecified atom stereocenters. The highest BCUT2D eigenvalue weighted by Crippen LogP contribution is 2.26. The lowest BCUT2D eigenvalue weighted by Crippen LogP contribution is -2.57. The van der Waals surface area contributed by atoms with Gasteiger partial charge in [-0.15, -0.1) is 0 Å². The molecule has 2 aliphatic rings. The molecule has 9 heteroatoms. The second kappa shape index (κ2) is 9.84. The highest BCUT2D eigenvalue weighted by atomic mass is 16.5. The Morgan fingerprint density at radius 1 is 1.03 bits per heavy atom. The number of benzene rings is 1. The summed E-state index contributed by atoms with van der Waals surface area (Å²) in [6.07, 6.45) is 6.37. The molecule has 2 atom stereocenters. The average molecular weight is 441 g/mol. The van der Waals surface area contributed by atoms with Gasteiger partial charge in [0, 0.05) is 24.8 Å². The summed E-state index contributed by atoms with van der Waals surface area (Å²) in [6.45, 7) is 0.966. The van der Waals surface area contributed by atoms with Gasteiger partial charge >= 0.3 is 5.69 Å². The molecule has 0 radical (unpaired) electrons.